The third kappa shape index (κ3) is 3.20. The molecule has 3 aliphatic rings. The molecule has 28 heavy (non-hydrogen) atoms. The Hall–Kier alpha value is -2.67. The number of nitrogens with zero attached hydrogens (tertiary/aromatic N) is 3. The molecule has 3 aliphatic heterocycles. The smallest absolute Gasteiger partial charge is 0.253 e. The van der Waals surface area contributed by atoms with Gasteiger partial charge in [-0.3, -0.25) is 9.78 Å². The summed E-state index contributed by atoms with van der Waals surface area (Å²) in [7, 11) is 0. The Balaban J connectivity index is 1.24. The number of ether oxygens (including phenoxy) is 2. The highest BCUT2D eigenvalue weighted by Gasteiger charge is 2.27. The molecule has 0 bridgehead atoms. The number of pyridine rings is 2. The van der Waals surface area contributed by atoms with Gasteiger partial charge in [-0.2, -0.15) is 0 Å². The number of nitrogens with one attached hydrogen (secondary N) is 1. The zero-order valence-corrected chi connectivity index (χ0v) is 16.0. The lowest BCUT2D eigenvalue weighted by Crippen LogP contribution is -2.39. The molecule has 146 valence electrons. The van der Waals surface area contributed by atoms with Gasteiger partial charge in [0.2, 0.25) is 0 Å². The molecular formula is C21H24N4O3. The van der Waals surface area contributed by atoms with Gasteiger partial charge in [0.25, 0.3) is 5.91 Å². The standard InChI is InChI=1S/C21H24N4O3/c1-13-8-17-19(11-23-21(17)26)24-20(13)25-5-2-15(3-6-25)28-16-9-14-12-27-7-4-18(14)22-10-16/h8-10,15H,2-7,11-12H2,1H3,(H,23,26). The molecule has 5 heterocycles. The predicted molar refractivity (Wildman–Crippen MR) is 104 cm³/mol. The van der Waals surface area contributed by atoms with Gasteiger partial charge in [0.05, 0.1) is 37.2 Å². The van der Waals surface area contributed by atoms with Gasteiger partial charge in [-0.25, -0.2) is 4.98 Å². The second kappa shape index (κ2) is 7.05. The second-order valence-electron chi connectivity index (χ2n) is 7.69. The first-order valence-corrected chi connectivity index (χ1v) is 9.93. The van der Waals surface area contributed by atoms with E-state index in [1.807, 2.05) is 19.2 Å². The molecular weight excluding hydrogens is 356 g/mol. The Morgan fingerprint density at radius 1 is 1.25 bits per heavy atom. The van der Waals surface area contributed by atoms with Crippen LogP contribution in [0.3, 0.4) is 0 Å². The lowest BCUT2D eigenvalue weighted by molar-refractivity contribution is 0.0965. The molecule has 0 radical (unpaired) electrons. The molecule has 0 unspecified atom stereocenters. The summed E-state index contributed by atoms with van der Waals surface area (Å²) in [6.45, 7) is 5.70. The molecule has 0 saturated carbocycles. The fourth-order valence-electron chi connectivity index (χ4n) is 4.21. The quantitative estimate of drug-likeness (QED) is 0.879. The average Bonchev–Trinajstić information content (AvgIpc) is 3.08. The van der Waals surface area contributed by atoms with Gasteiger partial charge < -0.3 is 19.7 Å². The summed E-state index contributed by atoms with van der Waals surface area (Å²) < 4.78 is 11.7. The molecule has 0 aliphatic carbocycles. The van der Waals surface area contributed by atoms with Crippen molar-refractivity contribution in [1.29, 1.82) is 0 Å². The van der Waals surface area contributed by atoms with Crippen LogP contribution in [0.15, 0.2) is 18.3 Å². The molecule has 1 fully saturated rings. The van der Waals surface area contributed by atoms with Crippen molar-refractivity contribution < 1.29 is 14.3 Å². The van der Waals surface area contributed by atoms with E-state index in [0.717, 1.165) is 73.0 Å². The highest BCUT2D eigenvalue weighted by molar-refractivity contribution is 5.98. The zero-order chi connectivity index (χ0) is 19.1. The first kappa shape index (κ1) is 17.4. The Bertz CT molecular complexity index is 922. The lowest BCUT2D eigenvalue weighted by atomic mass is 10.1. The van der Waals surface area contributed by atoms with E-state index in [2.05, 4.69) is 21.3 Å². The SMILES string of the molecule is Cc1cc2c(nc1N1CCC(Oc3cnc4c(c3)COCC4)CC1)CNC2=O. The Kier molecular flexibility index (Phi) is 4.39. The first-order valence-electron chi connectivity index (χ1n) is 9.93. The number of piperidine rings is 1. The Morgan fingerprint density at radius 3 is 2.96 bits per heavy atom. The van der Waals surface area contributed by atoms with Gasteiger partial charge >= 0.3 is 0 Å². The van der Waals surface area contributed by atoms with Crippen LogP contribution in [0.1, 0.15) is 45.7 Å². The highest BCUT2D eigenvalue weighted by atomic mass is 16.5. The molecule has 1 saturated heterocycles. The van der Waals surface area contributed by atoms with E-state index < -0.39 is 0 Å². The Labute approximate surface area is 164 Å². The van der Waals surface area contributed by atoms with E-state index in [4.69, 9.17) is 14.5 Å². The van der Waals surface area contributed by atoms with E-state index in [0.29, 0.717) is 18.7 Å². The largest absolute Gasteiger partial charge is 0.489 e. The second-order valence-corrected chi connectivity index (χ2v) is 7.69. The fraction of sp³-hybridized carbons (Fsp3) is 0.476. The van der Waals surface area contributed by atoms with Crippen LogP contribution < -0.4 is 15.0 Å². The third-order valence-electron chi connectivity index (χ3n) is 5.75. The molecule has 1 amide bonds. The fourth-order valence-corrected chi connectivity index (χ4v) is 4.21. The summed E-state index contributed by atoms with van der Waals surface area (Å²) in [4.78, 5) is 23.4. The summed E-state index contributed by atoms with van der Waals surface area (Å²) in [5, 5.41) is 2.84. The highest BCUT2D eigenvalue weighted by Crippen LogP contribution is 2.28. The predicted octanol–water partition coefficient (Wildman–Crippen LogP) is 2.15. The lowest BCUT2D eigenvalue weighted by Gasteiger charge is -2.34. The van der Waals surface area contributed by atoms with Crippen LogP contribution in [0, 0.1) is 6.92 Å². The van der Waals surface area contributed by atoms with Crippen LogP contribution in [0.25, 0.3) is 0 Å². The van der Waals surface area contributed by atoms with Crippen LogP contribution in [-0.4, -0.2) is 41.7 Å². The summed E-state index contributed by atoms with van der Waals surface area (Å²) in [5.41, 5.74) is 4.88. The summed E-state index contributed by atoms with van der Waals surface area (Å²) in [6.07, 6.45) is 4.76. The van der Waals surface area contributed by atoms with Crippen molar-refractivity contribution in [3.05, 3.63) is 46.4 Å². The van der Waals surface area contributed by atoms with Crippen molar-refractivity contribution >= 4 is 11.7 Å². The van der Waals surface area contributed by atoms with Crippen molar-refractivity contribution in [2.75, 3.05) is 24.6 Å². The average molecular weight is 380 g/mol. The van der Waals surface area contributed by atoms with Crippen molar-refractivity contribution in [2.45, 2.75) is 45.4 Å². The molecule has 0 aromatic carbocycles. The van der Waals surface area contributed by atoms with Crippen LogP contribution in [0.5, 0.6) is 5.75 Å². The van der Waals surface area contributed by atoms with Crippen LogP contribution in [0.2, 0.25) is 0 Å². The molecule has 2 aromatic rings. The maximum Gasteiger partial charge on any atom is 0.253 e. The van der Waals surface area contributed by atoms with Crippen molar-refractivity contribution in [1.82, 2.24) is 15.3 Å². The van der Waals surface area contributed by atoms with Crippen molar-refractivity contribution in [3.8, 4) is 5.75 Å². The van der Waals surface area contributed by atoms with Gasteiger partial charge in [-0.05, 0) is 24.6 Å². The number of rotatable bonds is 3. The molecule has 0 spiro atoms. The molecule has 5 rings (SSSR count). The van der Waals surface area contributed by atoms with Crippen molar-refractivity contribution in [2.24, 2.45) is 0 Å². The summed E-state index contributed by atoms with van der Waals surface area (Å²) in [6, 6.07) is 4.04. The van der Waals surface area contributed by atoms with Gasteiger partial charge in [0.15, 0.2) is 0 Å². The third-order valence-corrected chi connectivity index (χ3v) is 5.75. The van der Waals surface area contributed by atoms with E-state index in [1.165, 1.54) is 0 Å². The van der Waals surface area contributed by atoms with Crippen molar-refractivity contribution in [3.63, 3.8) is 0 Å². The number of fused-ring (bicyclic) bond motifs is 2. The monoisotopic (exact) mass is 380 g/mol. The number of amides is 1. The van der Waals surface area contributed by atoms with Gasteiger partial charge in [0, 0.05) is 43.6 Å². The molecule has 7 heteroatoms. The van der Waals surface area contributed by atoms with Gasteiger partial charge in [-0.1, -0.05) is 0 Å². The number of hydrogen-bond acceptors (Lipinski definition) is 6. The first-order chi connectivity index (χ1) is 13.7. The minimum absolute atomic E-state index is 0.0201. The topological polar surface area (TPSA) is 76.6 Å². The number of carbonyl (C=O) groups excluding carboxylic acids is 1. The summed E-state index contributed by atoms with van der Waals surface area (Å²) >= 11 is 0. The molecule has 0 atom stereocenters. The van der Waals surface area contributed by atoms with E-state index in [-0.39, 0.29) is 12.0 Å². The maximum atomic E-state index is 11.8. The molecule has 1 N–H and O–H groups in total. The number of aryl methyl sites for hydroxylation is 1. The number of carbonyl (C=O) groups is 1. The van der Waals surface area contributed by atoms with Gasteiger partial charge in [0.1, 0.15) is 17.7 Å². The molecule has 7 nitrogen and oxygen atoms in total. The minimum atomic E-state index is -0.0201. The Morgan fingerprint density at radius 2 is 2.11 bits per heavy atom. The van der Waals surface area contributed by atoms with E-state index in [1.54, 1.807) is 0 Å². The summed E-state index contributed by atoms with van der Waals surface area (Å²) in [5.74, 6) is 1.80. The van der Waals surface area contributed by atoms with Crippen LogP contribution >= 0.6 is 0 Å². The van der Waals surface area contributed by atoms with Gasteiger partial charge in [-0.15, -0.1) is 0 Å². The number of hydrogen-bond donors (Lipinski definition) is 1. The zero-order valence-electron chi connectivity index (χ0n) is 16.0. The normalized spacial score (nSPS) is 19.2. The molecule has 2 aromatic heterocycles. The van der Waals surface area contributed by atoms with E-state index >= 15 is 0 Å². The number of aromatic nitrogens is 2. The van der Waals surface area contributed by atoms with Crippen LogP contribution in [-0.2, 0) is 24.3 Å². The number of anilines is 1. The maximum absolute atomic E-state index is 11.8. The van der Waals surface area contributed by atoms with Crippen LogP contribution in [0.4, 0.5) is 5.82 Å². The minimum Gasteiger partial charge on any atom is -0.489 e. The van der Waals surface area contributed by atoms with E-state index in [9.17, 15) is 4.79 Å².